The number of halogens is 3. The Bertz CT molecular complexity index is 911. The second-order valence-corrected chi connectivity index (χ2v) is 5.99. The number of carbonyl (C=O) groups excluding carboxylic acids is 1. The van der Waals surface area contributed by atoms with Gasteiger partial charge < -0.3 is 9.88 Å². The van der Waals surface area contributed by atoms with Crippen LogP contribution in [-0.2, 0) is 19.8 Å². The predicted molar refractivity (Wildman–Crippen MR) is 93.5 cm³/mol. The van der Waals surface area contributed by atoms with Crippen LogP contribution >= 0.6 is 0 Å². The molecule has 0 saturated carbocycles. The number of alkyl halides is 3. The van der Waals surface area contributed by atoms with E-state index < -0.39 is 11.7 Å². The topological polar surface area (TPSA) is 34.0 Å². The molecule has 0 fully saturated rings. The fourth-order valence-corrected chi connectivity index (χ4v) is 2.71. The van der Waals surface area contributed by atoms with Crippen molar-refractivity contribution in [3.05, 3.63) is 83.7 Å². The third-order valence-corrected chi connectivity index (χ3v) is 4.04. The van der Waals surface area contributed by atoms with E-state index in [1.165, 1.54) is 12.1 Å². The van der Waals surface area contributed by atoms with Crippen molar-refractivity contribution < 1.29 is 18.0 Å². The quantitative estimate of drug-likeness (QED) is 0.724. The Morgan fingerprint density at radius 2 is 1.73 bits per heavy atom. The van der Waals surface area contributed by atoms with Crippen molar-refractivity contribution in [3.8, 4) is 11.1 Å². The van der Waals surface area contributed by atoms with Crippen LogP contribution < -0.4 is 5.32 Å². The fourth-order valence-electron chi connectivity index (χ4n) is 2.71. The van der Waals surface area contributed by atoms with E-state index in [1.54, 1.807) is 24.3 Å². The Morgan fingerprint density at radius 1 is 1.04 bits per heavy atom. The van der Waals surface area contributed by atoms with Gasteiger partial charge >= 0.3 is 6.18 Å². The van der Waals surface area contributed by atoms with Crippen LogP contribution in [-0.4, -0.2) is 10.5 Å². The largest absolute Gasteiger partial charge is 0.416 e. The molecule has 3 nitrogen and oxygen atoms in total. The lowest BCUT2D eigenvalue weighted by molar-refractivity contribution is -0.137. The van der Waals surface area contributed by atoms with Gasteiger partial charge in [-0.05, 0) is 41.0 Å². The number of rotatable bonds is 4. The molecule has 0 bridgehead atoms. The van der Waals surface area contributed by atoms with Gasteiger partial charge in [0.15, 0.2) is 0 Å². The maximum Gasteiger partial charge on any atom is 0.416 e. The highest BCUT2D eigenvalue weighted by Crippen LogP contribution is 2.31. The van der Waals surface area contributed by atoms with Crippen molar-refractivity contribution in [1.29, 1.82) is 0 Å². The Morgan fingerprint density at radius 3 is 2.35 bits per heavy atom. The number of carbonyl (C=O) groups is 1. The molecule has 1 N–H and O–H groups in total. The van der Waals surface area contributed by atoms with Crippen molar-refractivity contribution in [2.24, 2.45) is 7.05 Å². The summed E-state index contributed by atoms with van der Waals surface area (Å²) in [5, 5.41) is 2.84. The zero-order chi connectivity index (χ0) is 18.7. The molecule has 1 amide bonds. The number of nitrogens with zero attached hydrogens (tertiary/aromatic N) is 1. The number of hydrogen-bond acceptors (Lipinski definition) is 1. The van der Waals surface area contributed by atoms with Gasteiger partial charge in [0.2, 0.25) is 0 Å². The highest BCUT2D eigenvalue weighted by Gasteiger charge is 2.30. The Balaban J connectivity index is 1.82. The fraction of sp³-hybridized carbons (Fsp3) is 0.150. The zero-order valence-corrected chi connectivity index (χ0v) is 14.0. The van der Waals surface area contributed by atoms with Crippen LogP contribution in [0.15, 0.2) is 67.0 Å². The molecular weight excluding hydrogens is 341 g/mol. The van der Waals surface area contributed by atoms with E-state index in [-0.39, 0.29) is 5.91 Å². The number of benzene rings is 2. The molecule has 3 aromatic rings. The highest BCUT2D eigenvalue weighted by atomic mass is 19.4. The van der Waals surface area contributed by atoms with Gasteiger partial charge in [0.05, 0.1) is 5.56 Å². The van der Waals surface area contributed by atoms with E-state index in [2.05, 4.69) is 5.32 Å². The van der Waals surface area contributed by atoms with Crippen molar-refractivity contribution in [2.45, 2.75) is 12.7 Å². The molecule has 0 aliphatic rings. The summed E-state index contributed by atoms with van der Waals surface area (Å²) in [5.74, 6) is -0.274. The molecule has 0 unspecified atom stereocenters. The SMILES string of the molecule is Cn1ccc(CNC(=O)c2ccccc2-c2ccc(C(F)(F)F)cc2)c1. The molecule has 2 aromatic carbocycles. The standard InChI is InChI=1S/C20H17F3N2O/c1-25-11-10-14(13-25)12-24-19(26)18-5-3-2-4-17(18)15-6-8-16(9-7-15)20(21,22)23/h2-11,13H,12H2,1H3,(H,24,26). The molecule has 0 spiro atoms. The number of hydrogen-bond donors (Lipinski definition) is 1. The first-order chi connectivity index (χ1) is 12.3. The van der Waals surface area contributed by atoms with Crippen molar-refractivity contribution in [1.82, 2.24) is 9.88 Å². The van der Waals surface area contributed by atoms with Crippen LogP contribution in [0, 0.1) is 0 Å². The maximum absolute atomic E-state index is 12.7. The Kier molecular flexibility index (Phi) is 4.84. The molecule has 0 saturated heterocycles. The van der Waals surface area contributed by atoms with Crippen LogP contribution in [0.1, 0.15) is 21.5 Å². The summed E-state index contributed by atoms with van der Waals surface area (Å²) in [4.78, 5) is 12.5. The summed E-state index contributed by atoms with van der Waals surface area (Å²) in [6.07, 6.45) is -0.592. The van der Waals surface area contributed by atoms with E-state index in [1.807, 2.05) is 30.1 Å². The van der Waals surface area contributed by atoms with E-state index in [4.69, 9.17) is 0 Å². The smallest absolute Gasteiger partial charge is 0.357 e. The summed E-state index contributed by atoms with van der Waals surface area (Å²) in [6.45, 7) is 0.376. The number of amides is 1. The normalized spacial score (nSPS) is 11.4. The molecule has 1 heterocycles. The van der Waals surface area contributed by atoms with Crippen LogP contribution in [0.2, 0.25) is 0 Å². The minimum atomic E-state index is -4.38. The molecule has 0 atom stereocenters. The number of nitrogens with one attached hydrogen (secondary N) is 1. The van der Waals surface area contributed by atoms with Crippen molar-refractivity contribution in [3.63, 3.8) is 0 Å². The monoisotopic (exact) mass is 358 g/mol. The number of aromatic nitrogens is 1. The van der Waals surface area contributed by atoms with Crippen LogP contribution in [0.4, 0.5) is 13.2 Å². The molecule has 0 radical (unpaired) electrons. The van der Waals surface area contributed by atoms with E-state index in [0.29, 0.717) is 23.2 Å². The van der Waals surface area contributed by atoms with Gasteiger partial charge in [-0.2, -0.15) is 13.2 Å². The van der Waals surface area contributed by atoms with Gasteiger partial charge in [-0.25, -0.2) is 0 Å². The lowest BCUT2D eigenvalue weighted by Crippen LogP contribution is -2.23. The van der Waals surface area contributed by atoms with Crippen LogP contribution in [0.3, 0.4) is 0 Å². The van der Waals surface area contributed by atoms with Crippen LogP contribution in [0.5, 0.6) is 0 Å². The molecular formula is C20H17F3N2O. The number of aryl methyl sites for hydroxylation is 1. The van der Waals surface area contributed by atoms with Crippen LogP contribution in [0.25, 0.3) is 11.1 Å². The van der Waals surface area contributed by atoms with Gasteiger partial charge in [0, 0.05) is 31.5 Å². The van der Waals surface area contributed by atoms with Gasteiger partial charge in [0.1, 0.15) is 0 Å². The predicted octanol–water partition coefficient (Wildman–Crippen LogP) is 4.64. The average molecular weight is 358 g/mol. The summed E-state index contributed by atoms with van der Waals surface area (Å²) < 4.78 is 40.1. The third kappa shape index (κ3) is 3.96. The third-order valence-electron chi connectivity index (χ3n) is 4.04. The van der Waals surface area contributed by atoms with Gasteiger partial charge in [-0.15, -0.1) is 0 Å². The maximum atomic E-state index is 12.7. The summed E-state index contributed by atoms with van der Waals surface area (Å²) >= 11 is 0. The average Bonchev–Trinajstić information content (AvgIpc) is 3.04. The van der Waals surface area contributed by atoms with Crippen molar-refractivity contribution >= 4 is 5.91 Å². The summed E-state index contributed by atoms with van der Waals surface area (Å²) in [5.41, 5.74) is 1.82. The molecule has 26 heavy (non-hydrogen) atoms. The second-order valence-electron chi connectivity index (χ2n) is 5.99. The lowest BCUT2D eigenvalue weighted by atomic mass is 9.98. The van der Waals surface area contributed by atoms with Crippen molar-refractivity contribution in [2.75, 3.05) is 0 Å². The second kappa shape index (κ2) is 7.07. The Hall–Kier alpha value is -3.02. The Labute approximate surface area is 149 Å². The molecule has 6 heteroatoms. The van der Waals surface area contributed by atoms with Gasteiger partial charge in [-0.1, -0.05) is 30.3 Å². The van der Waals surface area contributed by atoms with Gasteiger partial charge in [-0.3, -0.25) is 4.79 Å². The first-order valence-electron chi connectivity index (χ1n) is 8.00. The minimum Gasteiger partial charge on any atom is -0.357 e. The molecule has 3 rings (SSSR count). The summed E-state index contributed by atoms with van der Waals surface area (Å²) in [7, 11) is 1.89. The molecule has 134 valence electrons. The summed E-state index contributed by atoms with van der Waals surface area (Å²) in [6, 6.07) is 13.6. The van der Waals surface area contributed by atoms with E-state index in [0.717, 1.165) is 17.7 Å². The first-order valence-corrected chi connectivity index (χ1v) is 8.00. The van der Waals surface area contributed by atoms with E-state index in [9.17, 15) is 18.0 Å². The molecule has 0 aliphatic carbocycles. The van der Waals surface area contributed by atoms with E-state index >= 15 is 0 Å². The zero-order valence-electron chi connectivity index (χ0n) is 14.0. The first kappa shape index (κ1) is 17.8. The molecule has 1 aromatic heterocycles. The van der Waals surface area contributed by atoms with Gasteiger partial charge in [0.25, 0.3) is 5.91 Å². The highest BCUT2D eigenvalue weighted by molar-refractivity contribution is 6.00. The lowest BCUT2D eigenvalue weighted by Gasteiger charge is -2.12. The molecule has 0 aliphatic heterocycles. The minimum absolute atomic E-state index is 0.274.